The van der Waals surface area contributed by atoms with Crippen LogP contribution in [-0.2, 0) is 0 Å². The van der Waals surface area contributed by atoms with Crippen molar-refractivity contribution in [3.63, 3.8) is 0 Å². The molecular weight excluding hydrogens is 687 g/mol. The fourth-order valence-corrected chi connectivity index (χ4v) is 8.66. The van der Waals surface area contributed by atoms with Crippen LogP contribution >= 0.6 is 0 Å². The first-order valence-electron chi connectivity index (χ1n) is 18.9. The van der Waals surface area contributed by atoms with Crippen LogP contribution in [-0.4, -0.2) is 11.7 Å². The first kappa shape index (κ1) is 30.9. The van der Waals surface area contributed by atoms with E-state index in [2.05, 4.69) is 157 Å². The zero-order chi connectivity index (χ0) is 36.7. The molecule has 56 heavy (non-hydrogen) atoms. The second-order valence-electron chi connectivity index (χ2n) is 14.5. The summed E-state index contributed by atoms with van der Waals surface area (Å²) in [6.07, 6.45) is -0.348. The molecule has 5 heteroatoms. The minimum absolute atomic E-state index is 0.348. The first-order chi connectivity index (χ1) is 27.7. The van der Waals surface area contributed by atoms with E-state index >= 15 is 0 Å². The predicted molar refractivity (Wildman–Crippen MR) is 231 cm³/mol. The molecule has 2 aromatic heterocycles. The Labute approximate surface area is 320 Å². The van der Waals surface area contributed by atoms with Gasteiger partial charge in [-0.3, -0.25) is 0 Å². The Morgan fingerprint density at radius 1 is 0.429 bits per heavy atom. The van der Waals surface area contributed by atoms with Crippen molar-refractivity contribution >= 4 is 87.9 Å². The Morgan fingerprint density at radius 2 is 1.09 bits per heavy atom. The van der Waals surface area contributed by atoms with Crippen LogP contribution in [0.3, 0.4) is 0 Å². The molecule has 0 amide bonds. The van der Waals surface area contributed by atoms with Crippen LogP contribution in [0, 0.1) is 0 Å². The van der Waals surface area contributed by atoms with E-state index in [1.165, 1.54) is 21.5 Å². The maximum absolute atomic E-state index is 6.73. The van der Waals surface area contributed by atoms with E-state index in [0.29, 0.717) is 5.84 Å². The lowest BCUT2D eigenvalue weighted by Crippen LogP contribution is -2.33. The number of rotatable bonds is 4. The van der Waals surface area contributed by atoms with Crippen molar-refractivity contribution < 1.29 is 8.83 Å². The van der Waals surface area contributed by atoms with Gasteiger partial charge in [-0.2, -0.15) is 0 Å². The molecule has 1 unspecified atom stereocenters. The van der Waals surface area contributed by atoms with Crippen LogP contribution in [0.15, 0.2) is 195 Å². The fourth-order valence-electron chi connectivity index (χ4n) is 8.66. The quantitative estimate of drug-likeness (QED) is 0.184. The maximum Gasteiger partial charge on any atom is 0.159 e. The number of benzene rings is 9. The summed E-state index contributed by atoms with van der Waals surface area (Å²) in [6, 6.07) is 61.5. The lowest BCUT2D eigenvalue weighted by molar-refractivity contribution is 0.667. The minimum Gasteiger partial charge on any atom is -0.456 e. The first-order valence-corrected chi connectivity index (χ1v) is 18.9. The van der Waals surface area contributed by atoms with Gasteiger partial charge in [-0.15, -0.1) is 0 Å². The topological polar surface area (TPSA) is 63.0 Å². The van der Waals surface area contributed by atoms with Crippen molar-refractivity contribution in [2.24, 2.45) is 9.98 Å². The van der Waals surface area contributed by atoms with Gasteiger partial charge < -0.3 is 14.2 Å². The van der Waals surface area contributed by atoms with E-state index < -0.39 is 0 Å². The highest BCUT2D eigenvalue weighted by Gasteiger charge is 2.26. The van der Waals surface area contributed by atoms with Gasteiger partial charge in [0.1, 0.15) is 34.3 Å². The third-order valence-electron chi connectivity index (χ3n) is 11.3. The summed E-state index contributed by atoms with van der Waals surface area (Å²) in [5.41, 5.74) is 8.32. The van der Waals surface area contributed by atoms with Crippen molar-refractivity contribution in [3.05, 3.63) is 193 Å². The molecule has 1 atom stereocenters. The largest absolute Gasteiger partial charge is 0.456 e. The molecule has 1 aliphatic rings. The zero-order valence-electron chi connectivity index (χ0n) is 30.0. The Kier molecular flexibility index (Phi) is 6.63. The smallest absolute Gasteiger partial charge is 0.159 e. The molecule has 5 nitrogen and oxygen atoms in total. The third-order valence-corrected chi connectivity index (χ3v) is 11.3. The average Bonchev–Trinajstić information content (AvgIpc) is 3.83. The SMILES string of the molecule is c1ccc(C2N=C(c3ccc4c(ccc5ccccc54)c3)N=C(c3cccc4oc5cccc(-c6cccc7c6oc6cc8ccccc8cc67)c5c34)N2)cc1. The molecule has 11 aromatic rings. The highest BCUT2D eigenvalue weighted by atomic mass is 16.3. The number of furan rings is 2. The molecule has 12 rings (SSSR count). The molecular formula is C51H31N3O2. The van der Waals surface area contributed by atoms with E-state index in [0.717, 1.165) is 88.3 Å². The number of nitrogens with one attached hydrogen (secondary N) is 1. The van der Waals surface area contributed by atoms with Crippen LogP contribution in [0.1, 0.15) is 22.9 Å². The van der Waals surface area contributed by atoms with Gasteiger partial charge >= 0.3 is 0 Å². The summed E-state index contributed by atoms with van der Waals surface area (Å²) >= 11 is 0. The van der Waals surface area contributed by atoms with Crippen LogP contribution in [0.2, 0.25) is 0 Å². The van der Waals surface area contributed by atoms with Crippen molar-refractivity contribution in [3.8, 4) is 11.1 Å². The van der Waals surface area contributed by atoms with E-state index in [1.807, 2.05) is 24.3 Å². The zero-order valence-corrected chi connectivity index (χ0v) is 30.0. The lowest BCUT2D eigenvalue weighted by atomic mass is 9.95. The maximum atomic E-state index is 6.73. The molecule has 0 bridgehead atoms. The second-order valence-corrected chi connectivity index (χ2v) is 14.5. The molecule has 1 N–H and O–H groups in total. The fraction of sp³-hybridized carbons (Fsp3) is 0.0196. The molecule has 1 aliphatic heterocycles. The van der Waals surface area contributed by atoms with Gasteiger partial charge in [0.05, 0.1) is 0 Å². The number of hydrogen-bond donors (Lipinski definition) is 1. The van der Waals surface area contributed by atoms with E-state index in [4.69, 9.17) is 18.8 Å². The summed E-state index contributed by atoms with van der Waals surface area (Å²) < 4.78 is 13.4. The summed E-state index contributed by atoms with van der Waals surface area (Å²) in [7, 11) is 0. The monoisotopic (exact) mass is 717 g/mol. The normalized spacial score (nSPS) is 14.6. The Bertz CT molecular complexity index is 3460. The predicted octanol–water partition coefficient (Wildman–Crippen LogP) is 13.1. The Morgan fingerprint density at radius 3 is 1.95 bits per heavy atom. The summed E-state index contributed by atoms with van der Waals surface area (Å²) in [4.78, 5) is 10.5. The number of hydrogen-bond acceptors (Lipinski definition) is 5. The summed E-state index contributed by atoms with van der Waals surface area (Å²) in [5.74, 6) is 1.41. The Hall–Kier alpha value is -7.50. The molecule has 0 spiro atoms. The molecule has 262 valence electrons. The summed E-state index contributed by atoms with van der Waals surface area (Å²) in [5, 5.41) is 15.1. The van der Waals surface area contributed by atoms with Crippen LogP contribution < -0.4 is 5.32 Å². The number of aliphatic imine (C=N–C) groups is 2. The lowest BCUT2D eigenvalue weighted by Gasteiger charge is -2.24. The number of para-hydroxylation sites is 1. The molecule has 0 radical (unpaired) electrons. The summed E-state index contributed by atoms with van der Waals surface area (Å²) in [6.45, 7) is 0. The molecule has 3 heterocycles. The van der Waals surface area contributed by atoms with Gasteiger partial charge in [0.15, 0.2) is 5.84 Å². The second kappa shape index (κ2) is 12.0. The highest BCUT2D eigenvalue weighted by Crippen LogP contribution is 2.43. The third kappa shape index (κ3) is 4.74. The van der Waals surface area contributed by atoms with E-state index in [9.17, 15) is 0 Å². The molecule has 9 aromatic carbocycles. The van der Waals surface area contributed by atoms with Crippen molar-refractivity contribution in [2.75, 3.05) is 0 Å². The van der Waals surface area contributed by atoms with Gasteiger partial charge in [0.2, 0.25) is 0 Å². The highest BCUT2D eigenvalue weighted by molar-refractivity contribution is 6.25. The van der Waals surface area contributed by atoms with Gasteiger partial charge in [0, 0.05) is 38.2 Å². The number of nitrogens with zero attached hydrogens (tertiary/aromatic N) is 2. The molecule has 0 aliphatic carbocycles. The van der Waals surface area contributed by atoms with Gasteiger partial charge in [-0.05, 0) is 73.8 Å². The van der Waals surface area contributed by atoms with E-state index in [1.54, 1.807) is 0 Å². The number of amidine groups is 2. The van der Waals surface area contributed by atoms with E-state index in [-0.39, 0.29) is 6.17 Å². The van der Waals surface area contributed by atoms with Gasteiger partial charge in [-0.1, -0.05) is 146 Å². The number of fused-ring (bicyclic) bond motifs is 10. The standard InChI is InChI=1S/C51H31N3O2/c1-2-12-31(13-3-1)49-52-50(35-25-26-37-34(27-35)24-23-30-11-6-7-16-36(30)37)54-51(53-49)41-20-10-22-44-47(41)46-38(17-9-21-43(46)55-44)39-18-8-19-40-42-28-32-14-4-5-15-33(32)29-45(42)56-48(39)40/h1-29,49H,(H,52,53,54). The van der Waals surface area contributed by atoms with Crippen LogP contribution in [0.25, 0.3) is 87.3 Å². The Balaban J connectivity index is 1.06. The van der Waals surface area contributed by atoms with Crippen molar-refractivity contribution in [1.82, 2.24) is 5.32 Å². The molecule has 0 saturated heterocycles. The van der Waals surface area contributed by atoms with Crippen molar-refractivity contribution in [2.45, 2.75) is 6.17 Å². The molecule has 0 fully saturated rings. The van der Waals surface area contributed by atoms with Gasteiger partial charge in [0.25, 0.3) is 0 Å². The average molecular weight is 718 g/mol. The van der Waals surface area contributed by atoms with Gasteiger partial charge in [-0.25, -0.2) is 9.98 Å². The van der Waals surface area contributed by atoms with Crippen molar-refractivity contribution in [1.29, 1.82) is 0 Å². The van der Waals surface area contributed by atoms with Crippen LogP contribution in [0.4, 0.5) is 0 Å². The molecule has 0 saturated carbocycles. The van der Waals surface area contributed by atoms with Crippen LogP contribution in [0.5, 0.6) is 0 Å². The minimum atomic E-state index is -0.348.